The summed E-state index contributed by atoms with van der Waals surface area (Å²) >= 11 is 0. The van der Waals surface area contributed by atoms with E-state index in [0.717, 1.165) is 11.1 Å². The van der Waals surface area contributed by atoms with E-state index in [4.69, 9.17) is 0 Å². The molecule has 1 aromatic rings. The fourth-order valence-electron chi connectivity index (χ4n) is 1.78. The molecule has 0 fully saturated rings. The topological polar surface area (TPSA) is 66.4 Å². The van der Waals surface area contributed by atoms with Gasteiger partial charge in [0.25, 0.3) is 0 Å². The van der Waals surface area contributed by atoms with E-state index in [-0.39, 0.29) is 17.5 Å². The quantitative estimate of drug-likeness (QED) is 0.795. The SMILES string of the molecule is CCS(=O)(=O)CC(C)NCC(O)c1ccc(C)cc1. The zero-order valence-electron chi connectivity index (χ0n) is 11.8. The van der Waals surface area contributed by atoms with Gasteiger partial charge in [-0.25, -0.2) is 8.42 Å². The van der Waals surface area contributed by atoms with Crippen LogP contribution in [0.4, 0.5) is 0 Å². The van der Waals surface area contributed by atoms with Crippen molar-refractivity contribution in [3.8, 4) is 0 Å². The lowest BCUT2D eigenvalue weighted by Gasteiger charge is -2.17. The molecular formula is C14H23NO3S. The first kappa shape index (κ1) is 16.1. The van der Waals surface area contributed by atoms with Crippen LogP contribution >= 0.6 is 0 Å². The second kappa shape index (κ2) is 7.03. The minimum Gasteiger partial charge on any atom is -0.387 e. The van der Waals surface area contributed by atoms with Crippen LogP contribution in [0.3, 0.4) is 0 Å². The highest BCUT2D eigenvalue weighted by Gasteiger charge is 2.15. The summed E-state index contributed by atoms with van der Waals surface area (Å²) in [6.07, 6.45) is -0.618. The minimum absolute atomic E-state index is 0.101. The molecule has 0 spiro atoms. The third kappa shape index (κ3) is 5.72. The monoisotopic (exact) mass is 285 g/mol. The Morgan fingerprint density at radius 3 is 2.37 bits per heavy atom. The molecule has 0 aliphatic heterocycles. The van der Waals surface area contributed by atoms with Crippen molar-refractivity contribution in [1.29, 1.82) is 0 Å². The van der Waals surface area contributed by atoms with Crippen LogP contribution in [0.5, 0.6) is 0 Å². The van der Waals surface area contributed by atoms with Crippen LogP contribution < -0.4 is 5.32 Å². The van der Waals surface area contributed by atoms with E-state index >= 15 is 0 Å². The van der Waals surface area contributed by atoms with E-state index in [1.165, 1.54) is 0 Å². The summed E-state index contributed by atoms with van der Waals surface area (Å²) in [5.74, 6) is 0.254. The number of sulfone groups is 1. The maximum absolute atomic E-state index is 11.5. The van der Waals surface area contributed by atoms with Crippen LogP contribution in [0.2, 0.25) is 0 Å². The first-order chi connectivity index (χ1) is 8.84. The largest absolute Gasteiger partial charge is 0.387 e. The molecule has 0 amide bonds. The molecule has 0 heterocycles. The smallest absolute Gasteiger partial charge is 0.151 e. The summed E-state index contributed by atoms with van der Waals surface area (Å²) in [7, 11) is -2.98. The predicted molar refractivity (Wildman–Crippen MR) is 77.9 cm³/mol. The van der Waals surface area contributed by atoms with Gasteiger partial charge in [0.05, 0.1) is 11.9 Å². The third-order valence-corrected chi connectivity index (χ3v) is 4.95. The van der Waals surface area contributed by atoms with Crippen LogP contribution in [0.1, 0.15) is 31.1 Å². The number of rotatable bonds is 7. The van der Waals surface area contributed by atoms with Crippen LogP contribution in [-0.4, -0.2) is 37.6 Å². The lowest BCUT2D eigenvalue weighted by Crippen LogP contribution is -2.36. The summed E-state index contributed by atoms with van der Waals surface area (Å²) in [5.41, 5.74) is 1.98. The zero-order chi connectivity index (χ0) is 14.5. The summed E-state index contributed by atoms with van der Waals surface area (Å²) in [4.78, 5) is 0. The molecule has 0 saturated heterocycles. The van der Waals surface area contributed by atoms with Gasteiger partial charge >= 0.3 is 0 Å². The van der Waals surface area contributed by atoms with Crippen molar-refractivity contribution in [3.63, 3.8) is 0 Å². The maximum atomic E-state index is 11.5. The van der Waals surface area contributed by atoms with E-state index in [1.807, 2.05) is 38.1 Å². The Morgan fingerprint density at radius 2 is 1.84 bits per heavy atom. The first-order valence-electron chi connectivity index (χ1n) is 6.52. The zero-order valence-corrected chi connectivity index (χ0v) is 12.6. The molecule has 4 nitrogen and oxygen atoms in total. The number of aryl methyl sites for hydroxylation is 1. The van der Waals surface area contributed by atoms with Crippen molar-refractivity contribution in [2.75, 3.05) is 18.1 Å². The molecule has 1 rings (SSSR count). The standard InChI is InChI=1S/C14H23NO3S/c1-4-19(17,18)10-12(3)15-9-14(16)13-7-5-11(2)6-8-13/h5-8,12,14-16H,4,9-10H2,1-3H3. The van der Waals surface area contributed by atoms with Crippen molar-refractivity contribution < 1.29 is 13.5 Å². The normalized spacial score (nSPS) is 15.2. The van der Waals surface area contributed by atoms with Crippen LogP contribution in [-0.2, 0) is 9.84 Å². The molecule has 5 heteroatoms. The van der Waals surface area contributed by atoms with Gasteiger partial charge < -0.3 is 10.4 Å². The molecular weight excluding hydrogens is 262 g/mol. The number of aliphatic hydroxyl groups excluding tert-OH is 1. The Labute approximate surface area is 115 Å². The molecule has 0 bridgehead atoms. The van der Waals surface area contributed by atoms with Gasteiger partial charge in [0.2, 0.25) is 0 Å². The van der Waals surface area contributed by atoms with Crippen molar-refractivity contribution >= 4 is 9.84 Å². The van der Waals surface area contributed by atoms with E-state index in [2.05, 4.69) is 5.32 Å². The summed E-state index contributed by atoms with van der Waals surface area (Å²) in [5, 5.41) is 13.1. The second-order valence-corrected chi connectivity index (χ2v) is 7.33. The molecule has 2 N–H and O–H groups in total. The lowest BCUT2D eigenvalue weighted by atomic mass is 10.1. The van der Waals surface area contributed by atoms with Gasteiger partial charge in [-0.3, -0.25) is 0 Å². The van der Waals surface area contributed by atoms with Gasteiger partial charge in [0.15, 0.2) is 9.84 Å². The Bertz CT molecular complexity index is 482. The van der Waals surface area contributed by atoms with Crippen LogP contribution in [0.25, 0.3) is 0 Å². The molecule has 0 aliphatic rings. The van der Waals surface area contributed by atoms with Crippen LogP contribution in [0, 0.1) is 6.92 Å². The molecule has 108 valence electrons. The van der Waals surface area contributed by atoms with Gasteiger partial charge in [-0.05, 0) is 19.4 Å². The lowest BCUT2D eigenvalue weighted by molar-refractivity contribution is 0.171. The van der Waals surface area contributed by atoms with Gasteiger partial charge in [0, 0.05) is 18.3 Å². The summed E-state index contributed by atoms with van der Waals surface area (Å²) in [6, 6.07) is 7.50. The van der Waals surface area contributed by atoms with Crippen molar-refractivity contribution in [2.45, 2.75) is 32.9 Å². The number of benzene rings is 1. The van der Waals surface area contributed by atoms with Gasteiger partial charge in [-0.1, -0.05) is 36.8 Å². The molecule has 0 radical (unpaired) electrons. The average Bonchev–Trinajstić information content (AvgIpc) is 2.36. The molecule has 2 unspecified atom stereocenters. The molecule has 0 saturated carbocycles. The number of hydrogen-bond acceptors (Lipinski definition) is 4. The number of aliphatic hydroxyl groups is 1. The van der Waals surface area contributed by atoms with E-state index in [0.29, 0.717) is 6.54 Å². The summed E-state index contributed by atoms with van der Waals surface area (Å²) in [6.45, 7) is 5.80. The molecule has 2 atom stereocenters. The van der Waals surface area contributed by atoms with Gasteiger partial charge in [0.1, 0.15) is 0 Å². The molecule has 0 aromatic heterocycles. The highest BCUT2D eigenvalue weighted by atomic mass is 32.2. The first-order valence-corrected chi connectivity index (χ1v) is 8.34. The van der Waals surface area contributed by atoms with Crippen molar-refractivity contribution in [3.05, 3.63) is 35.4 Å². The third-order valence-electron chi connectivity index (χ3n) is 3.07. The van der Waals surface area contributed by atoms with Gasteiger partial charge in [-0.15, -0.1) is 0 Å². The predicted octanol–water partition coefficient (Wildman–Crippen LogP) is 1.44. The average molecular weight is 285 g/mol. The van der Waals surface area contributed by atoms with Gasteiger partial charge in [-0.2, -0.15) is 0 Å². The Balaban J connectivity index is 2.46. The van der Waals surface area contributed by atoms with Crippen molar-refractivity contribution in [1.82, 2.24) is 5.32 Å². The number of nitrogens with one attached hydrogen (secondary N) is 1. The van der Waals surface area contributed by atoms with E-state index in [1.54, 1.807) is 6.92 Å². The molecule has 1 aromatic carbocycles. The van der Waals surface area contributed by atoms with Crippen LogP contribution in [0.15, 0.2) is 24.3 Å². The number of hydrogen-bond donors (Lipinski definition) is 2. The fraction of sp³-hybridized carbons (Fsp3) is 0.571. The molecule has 19 heavy (non-hydrogen) atoms. The molecule has 0 aliphatic carbocycles. The fourth-order valence-corrected chi connectivity index (χ4v) is 2.89. The maximum Gasteiger partial charge on any atom is 0.151 e. The Hall–Kier alpha value is -0.910. The highest BCUT2D eigenvalue weighted by molar-refractivity contribution is 7.91. The Morgan fingerprint density at radius 1 is 1.26 bits per heavy atom. The second-order valence-electron chi connectivity index (χ2n) is 4.93. The van der Waals surface area contributed by atoms with E-state index < -0.39 is 15.9 Å². The highest BCUT2D eigenvalue weighted by Crippen LogP contribution is 2.12. The Kier molecular flexibility index (Phi) is 5.97. The minimum atomic E-state index is -2.98. The van der Waals surface area contributed by atoms with Crippen molar-refractivity contribution in [2.24, 2.45) is 0 Å². The van der Waals surface area contributed by atoms with E-state index in [9.17, 15) is 13.5 Å². The summed E-state index contributed by atoms with van der Waals surface area (Å²) < 4.78 is 22.9.